The van der Waals surface area contributed by atoms with Crippen LogP contribution in [0.1, 0.15) is 59.3 Å². The fourth-order valence-corrected chi connectivity index (χ4v) is 6.50. The third-order valence-electron chi connectivity index (χ3n) is 7.70. The van der Waals surface area contributed by atoms with Gasteiger partial charge >= 0.3 is 5.97 Å². The number of rotatable bonds is 1. The van der Waals surface area contributed by atoms with E-state index in [4.69, 9.17) is 4.74 Å². The molecule has 4 aliphatic carbocycles. The molecule has 1 unspecified atom stereocenters. The van der Waals surface area contributed by atoms with Gasteiger partial charge in [-0.25, -0.2) is 4.39 Å². The number of carbonyl (C=O) groups is 2. The number of hydrogen-bond donors (Lipinski definition) is 0. The van der Waals surface area contributed by atoms with E-state index in [0.717, 1.165) is 37.7 Å². The number of alkyl halides is 1. The van der Waals surface area contributed by atoms with Crippen LogP contribution in [0.2, 0.25) is 0 Å². The van der Waals surface area contributed by atoms with Crippen LogP contribution in [0, 0.1) is 22.7 Å². The Morgan fingerprint density at radius 2 is 2.04 bits per heavy atom. The average molecular weight is 346 g/mol. The number of halogens is 1. The first kappa shape index (κ1) is 17.0. The molecule has 0 aliphatic heterocycles. The number of ketones is 1. The number of carbonyl (C=O) groups excluding carboxylic acids is 2. The Morgan fingerprint density at radius 1 is 1.28 bits per heavy atom. The maximum absolute atomic E-state index is 17.0. The van der Waals surface area contributed by atoms with E-state index >= 15 is 4.39 Å². The van der Waals surface area contributed by atoms with Gasteiger partial charge in [-0.2, -0.15) is 0 Å². The topological polar surface area (TPSA) is 43.4 Å². The molecule has 0 aromatic rings. The lowest BCUT2D eigenvalue weighted by Crippen LogP contribution is -2.66. The van der Waals surface area contributed by atoms with Crippen molar-refractivity contribution in [3.63, 3.8) is 0 Å². The summed E-state index contributed by atoms with van der Waals surface area (Å²) < 4.78 is 22.6. The van der Waals surface area contributed by atoms with E-state index in [-0.39, 0.29) is 17.1 Å². The molecule has 6 atom stereocenters. The molecule has 0 aromatic carbocycles. The first-order chi connectivity index (χ1) is 11.7. The molecule has 0 N–H and O–H groups in total. The van der Waals surface area contributed by atoms with Crippen molar-refractivity contribution >= 4 is 11.8 Å². The molecular formula is C21H27FO3. The minimum Gasteiger partial charge on any atom is -0.459 e. The van der Waals surface area contributed by atoms with Crippen LogP contribution in [-0.4, -0.2) is 23.5 Å². The number of allylic oxidation sites excluding steroid dienone is 4. The molecule has 0 spiro atoms. The third-order valence-corrected chi connectivity index (χ3v) is 7.70. The van der Waals surface area contributed by atoms with E-state index in [9.17, 15) is 9.59 Å². The van der Waals surface area contributed by atoms with Gasteiger partial charge in [-0.15, -0.1) is 0 Å². The Balaban J connectivity index is 1.85. The fraction of sp³-hybridized carbons (Fsp3) is 0.714. The number of fused-ring (bicyclic) bond motifs is 5. The van der Waals surface area contributed by atoms with Crippen molar-refractivity contribution in [2.75, 3.05) is 0 Å². The number of esters is 1. The van der Waals surface area contributed by atoms with Crippen molar-refractivity contribution in [3.8, 4) is 0 Å². The summed E-state index contributed by atoms with van der Waals surface area (Å²) in [5.41, 5.74) is -1.61. The Labute approximate surface area is 148 Å². The van der Waals surface area contributed by atoms with Gasteiger partial charge in [0.05, 0.1) is 0 Å². The highest BCUT2D eigenvalue weighted by Crippen LogP contribution is 2.68. The fourth-order valence-electron chi connectivity index (χ4n) is 6.50. The summed E-state index contributed by atoms with van der Waals surface area (Å²) in [6, 6.07) is 0. The van der Waals surface area contributed by atoms with E-state index in [1.54, 1.807) is 12.2 Å². The van der Waals surface area contributed by atoms with Crippen LogP contribution < -0.4 is 0 Å². The van der Waals surface area contributed by atoms with Crippen molar-refractivity contribution in [2.24, 2.45) is 22.7 Å². The second-order valence-electron chi connectivity index (χ2n) is 8.98. The molecule has 4 heteroatoms. The predicted molar refractivity (Wildman–Crippen MR) is 92.5 cm³/mol. The summed E-state index contributed by atoms with van der Waals surface area (Å²) in [7, 11) is 0. The summed E-state index contributed by atoms with van der Waals surface area (Å²) in [4.78, 5) is 23.6. The van der Waals surface area contributed by atoms with E-state index in [1.165, 1.54) is 13.0 Å². The quantitative estimate of drug-likeness (QED) is 0.664. The molecule has 3 nitrogen and oxygen atoms in total. The molecule has 25 heavy (non-hydrogen) atoms. The monoisotopic (exact) mass is 346 g/mol. The van der Waals surface area contributed by atoms with E-state index in [2.05, 4.69) is 6.92 Å². The lowest BCUT2D eigenvalue weighted by molar-refractivity contribution is -0.208. The van der Waals surface area contributed by atoms with Gasteiger partial charge < -0.3 is 4.74 Å². The zero-order chi connectivity index (χ0) is 18.0. The van der Waals surface area contributed by atoms with Gasteiger partial charge in [0.25, 0.3) is 0 Å². The summed E-state index contributed by atoms with van der Waals surface area (Å²) >= 11 is 0. The minimum absolute atomic E-state index is 0.0478. The van der Waals surface area contributed by atoms with Crippen LogP contribution in [0.5, 0.6) is 0 Å². The third kappa shape index (κ3) is 2.15. The van der Waals surface area contributed by atoms with Gasteiger partial charge in [-0.05, 0) is 62.5 Å². The molecule has 0 saturated heterocycles. The van der Waals surface area contributed by atoms with E-state index in [1.807, 2.05) is 6.92 Å². The summed E-state index contributed by atoms with van der Waals surface area (Å²) in [6.45, 7) is 5.50. The second kappa shape index (κ2) is 5.28. The minimum atomic E-state index is -1.64. The second-order valence-corrected chi connectivity index (χ2v) is 8.98. The summed E-state index contributed by atoms with van der Waals surface area (Å²) in [5.74, 6) is -0.289. The van der Waals surface area contributed by atoms with Gasteiger partial charge in [-0.3, -0.25) is 9.59 Å². The Kier molecular flexibility index (Phi) is 3.59. The van der Waals surface area contributed by atoms with Crippen LogP contribution in [0.15, 0.2) is 23.8 Å². The molecule has 0 aromatic heterocycles. The maximum Gasteiger partial charge on any atom is 0.303 e. The lowest BCUT2D eigenvalue weighted by Gasteiger charge is -2.61. The molecule has 136 valence electrons. The normalized spacial score (nSPS) is 48.2. The van der Waals surface area contributed by atoms with Crippen molar-refractivity contribution in [3.05, 3.63) is 23.8 Å². The molecule has 3 fully saturated rings. The van der Waals surface area contributed by atoms with Gasteiger partial charge in [-0.1, -0.05) is 25.0 Å². The van der Waals surface area contributed by atoms with Gasteiger partial charge in [0.15, 0.2) is 11.5 Å². The zero-order valence-corrected chi connectivity index (χ0v) is 15.3. The van der Waals surface area contributed by atoms with Crippen molar-refractivity contribution in [1.82, 2.24) is 0 Å². The lowest BCUT2D eigenvalue weighted by atomic mass is 9.46. The highest BCUT2D eigenvalue weighted by atomic mass is 19.1. The van der Waals surface area contributed by atoms with Crippen LogP contribution in [-0.2, 0) is 14.3 Å². The van der Waals surface area contributed by atoms with Crippen LogP contribution in [0.25, 0.3) is 0 Å². The number of hydrogen-bond acceptors (Lipinski definition) is 3. The molecule has 0 bridgehead atoms. The Bertz CT molecular complexity index is 695. The molecule has 4 aliphatic rings. The number of ether oxygens (including phenoxy) is 1. The highest BCUT2D eigenvalue weighted by Gasteiger charge is 2.70. The largest absolute Gasteiger partial charge is 0.459 e. The first-order valence-corrected chi connectivity index (χ1v) is 9.51. The van der Waals surface area contributed by atoms with Crippen molar-refractivity contribution in [2.45, 2.75) is 71.1 Å². The van der Waals surface area contributed by atoms with Crippen LogP contribution in [0.4, 0.5) is 4.39 Å². The van der Waals surface area contributed by atoms with E-state index in [0.29, 0.717) is 12.3 Å². The van der Waals surface area contributed by atoms with Crippen LogP contribution in [0.3, 0.4) is 0 Å². The van der Waals surface area contributed by atoms with Gasteiger partial charge in [0.2, 0.25) is 0 Å². The SMILES string of the molecule is CC(=O)O[C@H]1C[C@]2(C)CCC[C@H]2[C@@H]2CCC3=CC(=O)C=C[C@]3(C)C12F. The standard InChI is InChI=1S/C21H27FO3/c1-13(23)25-18-12-19(2)9-4-5-16(19)17-7-6-14-11-15(24)8-10-20(14,3)21(17,18)22/h8,10-11,16-18H,4-7,9,12H2,1-3H3/t16-,17-,18-,19-,20-,21?/m0/s1. The predicted octanol–water partition coefficient (Wildman–Crippen LogP) is 4.32. The smallest absolute Gasteiger partial charge is 0.303 e. The van der Waals surface area contributed by atoms with Crippen molar-refractivity contribution < 1.29 is 18.7 Å². The van der Waals surface area contributed by atoms with Gasteiger partial charge in [0.1, 0.15) is 6.10 Å². The van der Waals surface area contributed by atoms with Crippen molar-refractivity contribution in [1.29, 1.82) is 0 Å². The average Bonchev–Trinajstić information content (AvgIpc) is 2.90. The summed E-state index contributed by atoms with van der Waals surface area (Å²) in [5, 5.41) is 0. The summed E-state index contributed by atoms with van der Waals surface area (Å²) in [6.07, 6.45) is 9.40. The molecule has 0 amide bonds. The molecule has 4 rings (SSSR count). The Morgan fingerprint density at radius 3 is 2.76 bits per heavy atom. The maximum atomic E-state index is 17.0. The molecule has 0 radical (unpaired) electrons. The first-order valence-electron chi connectivity index (χ1n) is 9.51. The molecule has 3 saturated carbocycles. The molecular weight excluding hydrogens is 319 g/mol. The van der Waals surface area contributed by atoms with Gasteiger partial charge in [0, 0.05) is 18.3 Å². The zero-order valence-electron chi connectivity index (χ0n) is 15.3. The molecule has 0 heterocycles. The van der Waals surface area contributed by atoms with E-state index < -0.39 is 23.2 Å². The van der Waals surface area contributed by atoms with Crippen LogP contribution >= 0.6 is 0 Å². The Hall–Kier alpha value is -1.45. The highest BCUT2D eigenvalue weighted by molar-refractivity contribution is 6.01.